The van der Waals surface area contributed by atoms with E-state index < -0.39 is 5.92 Å². The van der Waals surface area contributed by atoms with Crippen LogP contribution < -0.4 is 14.2 Å². The summed E-state index contributed by atoms with van der Waals surface area (Å²) in [4.78, 5) is 21.9. The van der Waals surface area contributed by atoms with Crippen molar-refractivity contribution < 1.29 is 19.0 Å². The third-order valence-corrected chi connectivity index (χ3v) is 5.58. The number of ether oxygens (including phenoxy) is 3. The number of hydrogen-bond acceptors (Lipinski definition) is 7. The van der Waals surface area contributed by atoms with E-state index in [1.54, 1.807) is 31.8 Å². The van der Waals surface area contributed by atoms with Crippen molar-refractivity contribution in [1.29, 1.82) is 0 Å². The van der Waals surface area contributed by atoms with Crippen LogP contribution in [0, 0.1) is 0 Å². The number of hydrogen-bond donors (Lipinski definition) is 0. The number of ketones is 1. The second-order valence-corrected chi connectivity index (χ2v) is 7.70. The topological polar surface area (TPSA) is 87.8 Å². The molecule has 0 N–H and O–H groups in total. The molecule has 1 aliphatic rings. The van der Waals surface area contributed by atoms with Crippen LogP contribution in [0.1, 0.15) is 36.7 Å². The number of fused-ring (bicyclic) bond motifs is 3. The summed E-state index contributed by atoms with van der Waals surface area (Å²) in [5.41, 5.74) is 2.73. The van der Waals surface area contributed by atoms with Gasteiger partial charge in [0.05, 0.1) is 12.7 Å². The molecule has 1 aliphatic heterocycles. The molecule has 2 aromatic heterocycles. The SMILES string of the molecule is COc1ccc(C2C(C(C)=O)=C(C)Oc3ncn4nc(COc5ccccc5)nc4c32)cc1. The third kappa shape index (κ3) is 3.80. The highest BCUT2D eigenvalue weighted by Crippen LogP contribution is 2.44. The summed E-state index contributed by atoms with van der Waals surface area (Å²) < 4.78 is 18.7. The first-order chi connectivity index (χ1) is 16.0. The van der Waals surface area contributed by atoms with Crippen molar-refractivity contribution in [2.45, 2.75) is 26.4 Å². The normalized spacial score (nSPS) is 15.2. The van der Waals surface area contributed by atoms with Gasteiger partial charge in [-0.3, -0.25) is 4.79 Å². The van der Waals surface area contributed by atoms with Crippen LogP contribution in [-0.2, 0) is 11.4 Å². The molecule has 3 heterocycles. The van der Waals surface area contributed by atoms with E-state index in [4.69, 9.17) is 19.2 Å². The van der Waals surface area contributed by atoms with Gasteiger partial charge < -0.3 is 14.2 Å². The summed E-state index contributed by atoms with van der Waals surface area (Å²) in [5.74, 6) is 2.42. The van der Waals surface area contributed by atoms with Gasteiger partial charge in [-0.15, -0.1) is 5.10 Å². The number of Topliss-reactive ketones (excluding diaryl/α,β-unsaturated/α-hetero) is 1. The van der Waals surface area contributed by atoms with Crippen LogP contribution in [0.3, 0.4) is 0 Å². The van der Waals surface area contributed by atoms with Gasteiger partial charge in [-0.25, -0.2) is 14.5 Å². The number of para-hydroxylation sites is 1. The minimum Gasteiger partial charge on any atom is -0.497 e. The number of benzene rings is 2. The van der Waals surface area contributed by atoms with Gasteiger partial charge in [0.15, 0.2) is 17.3 Å². The zero-order chi connectivity index (χ0) is 22.9. The number of carbonyl (C=O) groups excluding carboxylic acids is 1. The molecule has 33 heavy (non-hydrogen) atoms. The lowest BCUT2D eigenvalue weighted by Gasteiger charge is -2.28. The molecular weight excluding hydrogens is 420 g/mol. The molecule has 2 aromatic carbocycles. The maximum absolute atomic E-state index is 12.7. The molecule has 0 amide bonds. The smallest absolute Gasteiger partial charge is 0.228 e. The third-order valence-electron chi connectivity index (χ3n) is 5.58. The van der Waals surface area contributed by atoms with Crippen molar-refractivity contribution in [1.82, 2.24) is 19.6 Å². The molecule has 8 heteroatoms. The van der Waals surface area contributed by atoms with Gasteiger partial charge in [-0.1, -0.05) is 30.3 Å². The van der Waals surface area contributed by atoms with Gasteiger partial charge in [0.2, 0.25) is 5.88 Å². The van der Waals surface area contributed by atoms with Crippen LogP contribution in [0.25, 0.3) is 5.65 Å². The Kier molecular flexibility index (Phi) is 5.26. The lowest BCUT2D eigenvalue weighted by atomic mass is 9.82. The van der Waals surface area contributed by atoms with Crippen LogP contribution >= 0.6 is 0 Å². The van der Waals surface area contributed by atoms with Gasteiger partial charge in [0, 0.05) is 11.5 Å². The first-order valence-corrected chi connectivity index (χ1v) is 10.5. The summed E-state index contributed by atoms with van der Waals surface area (Å²) in [7, 11) is 1.62. The number of allylic oxidation sites excluding steroid dienone is 2. The molecule has 0 saturated carbocycles. The van der Waals surface area contributed by atoms with Crippen molar-refractivity contribution in [2.75, 3.05) is 7.11 Å². The molecular formula is C25H22N4O4. The zero-order valence-electron chi connectivity index (χ0n) is 18.5. The highest BCUT2D eigenvalue weighted by molar-refractivity contribution is 5.97. The molecule has 0 saturated heterocycles. The van der Waals surface area contributed by atoms with E-state index in [2.05, 4.69) is 10.1 Å². The summed E-state index contributed by atoms with van der Waals surface area (Å²) in [5, 5.41) is 4.52. The Bertz CT molecular complexity index is 1360. The van der Waals surface area contributed by atoms with E-state index in [0.29, 0.717) is 34.2 Å². The summed E-state index contributed by atoms with van der Waals surface area (Å²) >= 11 is 0. The monoisotopic (exact) mass is 442 g/mol. The number of carbonyl (C=O) groups is 1. The highest BCUT2D eigenvalue weighted by Gasteiger charge is 2.36. The number of rotatable bonds is 6. The van der Waals surface area contributed by atoms with Crippen LogP contribution in [0.5, 0.6) is 17.4 Å². The van der Waals surface area contributed by atoms with Crippen LogP contribution in [0.2, 0.25) is 0 Å². The van der Waals surface area contributed by atoms with E-state index in [-0.39, 0.29) is 12.4 Å². The molecule has 4 aromatic rings. The lowest BCUT2D eigenvalue weighted by molar-refractivity contribution is -0.114. The van der Waals surface area contributed by atoms with Crippen molar-refractivity contribution in [3.05, 3.63) is 89.2 Å². The predicted octanol–water partition coefficient (Wildman–Crippen LogP) is 4.10. The minimum atomic E-state index is -0.402. The second kappa shape index (κ2) is 8.38. The van der Waals surface area contributed by atoms with Crippen LogP contribution in [0.4, 0.5) is 0 Å². The first kappa shape index (κ1) is 20.7. The lowest BCUT2D eigenvalue weighted by Crippen LogP contribution is -2.22. The molecule has 166 valence electrons. The molecule has 8 nitrogen and oxygen atoms in total. The van der Waals surface area contributed by atoms with Crippen molar-refractivity contribution in [2.24, 2.45) is 0 Å². The summed E-state index contributed by atoms with van der Waals surface area (Å²) in [6.45, 7) is 3.52. The van der Waals surface area contributed by atoms with E-state index in [1.165, 1.54) is 0 Å². The van der Waals surface area contributed by atoms with Gasteiger partial charge in [0.25, 0.3) is 0 Å². The fourth-order valence-corrected chi connectivity index (χ4v) is 4.09. The van der Waals surface area contributed by atoms with Crippen LogP contribution in [-0.4, -0.2) is 32.5 Å². The summed E-state index contributed by atoms with van der Waals surface area (Å²) in [6, 6.07) is 17.1. The van der Waals surface area contributed by atoms with Crippen molar-refractivity contribution in [3.63, 3.8) is 0 Å². The molecule has 5 rings (SSSR count). The average Bonchev–Trinajstić information content (AvgIpc) is 3.25. The fourth-order valence-electron chi connectivity index (χ4n) is 4.09. The van der Waals surface area contributed by atoms with E-state index in [0.717, 1.165) is 17.1 Å². The van der Waals surface area contributed by atoms with Crippen molar-refractivity contribution >= 4 is 11.4 Å². The maximum atomic E-state index is 12.7. The Hall–Kier alpha value is -4.20. The Morgan fingerprint density at radius 3 is 2.55 bits per heavy atom. The highest BCUT2D eigenvalue weighted by atomic mass is 16.5. The molecule has 1 atom stereocenters. The van der Waals surface area contributed by atoms with E-state index in [1.807, 2.05) is 54.6 Å². The molecule has 0 fully saturated rings. The zero-order valence-corrected chi connectivity index (χ0v) is 18.5. The molecule has 0 radical (unpaired) electrons. The van der Waals surface area contributed by atoms with Gasteiger partial charge >= 0.3 is 0 Å². The predicted molar refractivity (Wildman–Crippen MR) is 120 cm³/mol. The summed E-state index contributed by atoms with van der Waals surface area (Å²) in [6.07, 6.45) is 1.56. The van der Waals surface area contributed by atoms with Gasteiger partial charge in [-0.2, -0.15) is 0 Å². The fraction of sp³-hybridized carbons (Fsp3) is 0.200. The first-order valence-electron chi connectivity index (χ1n) is 10.5. The standard InChI is InChI=1S/C25H22N4O4/c1-15(30)21-16(2)33-25-23(22(21)17-9-11-18(31-3)12-10-17)24-27-20(28-29(24)14-26-25)13-32-19-7-5-4-6-8-19/h4-12,14,22H,13H2,1-3H3. The number of methoxy groups -OCH3 is 1. The number of nitrogens with zero attached hydrogens (tertiary/aromatic N) is 4. The minimum absolute atomic E-state index is 0.0758. The molecule has 0 bridgehead atoms. The average molecular weight is 442 g/mol. The van der Waals surface area contributed by atoms with Gasteiger partial charge in [0.1, 0.15) is 30.2 Å². The molecule has 0 aliphatic carbocycles. The maximum Gasteiger partial charge on any atom is 0.228 e. The Morgan fingerprint density at radius 2 is 1.85 bits per heavy atom. The van der Waals surface area contributed by atoms with E-state index >= 15 is 0 Å². The second-order valence-electron chi connectivity index (χ2n) is 7.70. The van der Waals surface area contributed by atoms with E-state index in [9.17, 15) is 4.79 Å². The molecule has 0 spiro atoms. The Balaban J connectivity index is 1.61. The van der Waals surface area contributed by atoms with Gasteiger partial charge in [-0.05, 0) is 43.7 Å². The Labute approximate surface area is 190 Å². The molecule has 1 unspecified atom stereocenters. The quantitative estimate of drug-likeness (QED) is 0.444. The number of aromatic nitrogens is 4. The Morgan fingerprint density at radius 1 is 1.09 bits per heavy atom. The largest absolute Gasteiger partial charge is 0.497 e. The van der Waals surface area contributed by atoms with Crippen LogP contribution in [0.15, 0.2) is 72.3 Å². The van der Waals surface area contributed by atoms with Crippen molar-refractivity contribution in [3.8, 4) is 17.4 Å².